The second kappa shape index (κ2) is 4.78. The summed E-state index contributed by atoms with van der Waals surface area (Å²) in [5, 5.41) is 3.95. The van der Waals surface area contributed by atoms with E-state index in [1.54, 1.807) is 0 Å². The van der Waals surface area contributed by atoms with E-state index < -0.39 is 0 Å². The highest BCUT2D eigenvalue weighted by Gasteiger charge is 2.35. The number of likely N-dealkylation sites (tertiary alicyclic amines) is 1. The molecule has 0 radical (unpaired) electrons. The van der Waals surface area contributed by atoms with Gasteiger partial charge in [-0.2, -0.15) is 0 Å². The molecule has 2 heterocycles. The van der Waals surface area contributed by atoms with E-state index >= 15 is 0 Å². The van der Waals surface area contributed by atoms with E-state index in [2.05, 4.69) is 10.1 Å². The number of hydrogen-bond donors (Lipinski definition) is 1. The second-order valence-electron chi connectivity index (χ2n) is 5.36. The van der Waals surface area contributed by atoms with Crippen molar-refractivity contribution >= 4 is 0 Å². The molecule has 2 unspecified atom stereocenters. The molecule has 0 spiro atoms. The normalized spacial score (nSPS) is 29.5. The number of nitrogens with zero attached hydrogens (tertiary/aromatic N) is 2. The summed E-state index contributed by atoms with van der Waals surface area (Å²) in [6.45, 7) is 2.59. The minimum atomic E-state index is 0.468. The topological polar surface area (TPSA) is 55.3 Å². The Labute approximate surface area is 102 Å². The molecule has 2 fully saturated rings. The van der Waals surface area contributed by atoms with Gasteiger partial charge in [-0.3, -0.25) is 4.90 Å². The fraction of sp³-hybridized carbons (Fsp3) is 0.769. The molecule has 94 valence electrons. The molecule has 3 rings (SSSR count). The van der Waals surface area contributed by atoms with E-state index in [1.165, 1.54) is 38.6 Å². The smallest absolute Gasteiger partial charge is 0.151 e. The first-order chi connectivity index (χ1) is 8.36. The van der Waals surface area contributed by atoms with Crippen LogP contribution in [0.15, 0.2) is 10.6 Å². The molecular weight excluding hydrogens is 214 g/mol. The Kier molecular flexibility index (Phi) is 3.16. The largest absolute Gasteiger partial charge is 0.360 e. The SMILES string of the molecule is NCc1cc(CN2CCC3CCCCC32)on1. The molecule has 0 aromatic carbocycles. The molecule has 1 saturated carbocycles. The van der Waals surface area contributed by atoms with Gasteiger partial charge in [-0.25, -0.2) is 0 Å². The molecule has 1 aliphatic heterocycles. The zero-order valence-corrected chi connectivity index (χ0v) is 10.3. The summed E-state index contributed by atoms with van der Waals surface area (Å²) in [5.74, 6) is 1.90. The summed E-state index contributed by atoms with van der Waals surface area (Å²) in [6, 6.07) is 2.78. The van der Waals surface area contributed by atoms with Crippen molar-refractivity contribution in [1.29, 1.82) is 0 Å². The van der Waals surface area contributed by atoms with Gasteiger partial charge in [0.05, 0.1) is 12.2 Å². The van der Waals surface area contributed by atoms with E-state index in [4.69, 9.17) is 10.3 Å². The highest BCUT2D eigenvalue weighted by atomic mass is 16.5. The van der Waals surface area contributed by atoms with Crippen molar-refractivity contribution in [3.8, 4) is 0 Å². The molecule has 2 atom stereocenters. The lowest BCUT2D eigenvalue weighted by Crippen LogP contribution is -2.34. The first-order valence-electron chi connectivity index (χ1n) is 6.75. The monoisotopic (exact) mass is 235 g/mol. The molecule has 2 aliphatic rings. The molecule has 17 heavy (non-hydrogen) atoms. The second-order valence-corrected chi connectivity index (χ2v) is 5.36. The van der Waals surface area contributed by atoms with Crippen molar-refractivity contribution in [3.05, 3.63) is 17.5 Å². The maximum Gasteiger partial charge on any atom is 0.151 e. The van der Waals surface area contributed by atoms with Crippen LogP contribution in [-0.4, -0.2) is 22.6 Å². The van der Waals surface area contributed by atoms with Gasteiger partial charge < -0.3 is 10.3 Å². The van der Waals surface area contributed by atoms with Gasteiger partial charge in [0.15, 0.2) is 5.76 Å². The lowest BCUT2D eigenvalue weighted by molar-refractivity contribution is 0.161. The summed E-state index contributed by atoms with van der Waals surface area (Å²) in [7, 11) is 0. The molecular formula is C13H21N3O. The molecule has 1 aromatic heterocycles. The first kappa shape index (κ1) is 11.2. The van der Waals surface area contributed by atoms with Crippen molar-refractivity contribution in [3.63, 3.8) is 0 Å². The van der Waals surface area contributed by atoms with Crippen LogP contribution in [0.25, 0.3) is 0 Å². The summed E-state index contributed by atoms with van der Waals surface area (Å²) < 4.78 is 5.33. The maximum atomic E-state index is 5.54. The molecule has 4 nitrogen and oxygen atoms in total. The maximum absolute atomic E-state index is 5.54. The first-order valence-corrected chi connectivity index (χ1v) is 6.75. The Morgan fingerprint density at radius 2 is 2.24 bits per heavy atom. The third kappa shape index (κ3) is 2.24. The number of aromatic nitrogens is 1. The lowest BCUT2D eigenvalue weighted by atomic mass is 9.85. The molecule has 1 saturated heterocycles. The van der Waals surface area contributed by atoms with Gasteiger partial charge in [0.1, 0.15) is 0 Å². The Bertz CT molecular complexity index is 376. The Morgan fingerprint density at radius 1 is 1.35 bits per heavy atom. The number of fused-ring (bicyclic) bond motifs is 1. The van der Waals surface area contributed by atoms with Gasteiger partial charge in [0, 0.05) is 18.7 Å². The average molecular weight is 235 g/mol. The molecule has 2 N–H and O–H groups in total. The molecule has 0 bridgehead atoms. The summed E-state index contributed by atoms with van der Waals surface area (Å²) >= 11 is 0. The van der Waals surface area contributed by atoms with Crippen LogP contribution in [0.3, 0.4) is 0 Å². The van der Waals surface area contributed by atoms with Crippen LogP contribution in [0, 0.1) is 5.92 Å². The van der Waals surface area contributed by atoms with Crippen molar-refractivity contribution in [1.82, 2.24) is 10.1 Å². The number of rotatable bonds is 3. The van der Waals surface area contributed by atoms with E-state index in [0.717, 1.165) is 30.0 Å². The third-order valence-corrected chi connectivity index (χ3v) is 4.30. The lowest BCUT2D eigenvalue weighted by Gasteiger charge is -2.30. The summed E-state index contributed by atoms with van der Waals surface area (Å²) in [6.07, 6.45) is 6.97. The van der Waals surface area contributed by atoms with Crippen LogP contribution in [0.1, 0.15) is 43.6 Å². The molecule has 1 aromatic rings. The van der Waals surface area contributed by atoms with Gasteiger partial charge in [0.2, 0.25) is 0 Å². The predicted molar refractivity (Wildman–Crippen MR) is 65.2 cm³/mol. The van der Waals surface area contributed by atoms with E-state index in [9.17, 15) is 0 Å². The highest BCUT2D eigenvalue weighted by molar-refractivity contribution is 5.05. The van der Waals surface area contributed by atoms with Gasteiger partial charge in [-0.05, 0) is 31.7 Å². The minimum absolute atomic E-state index is 0.468. The van der Waals surface area contributed by atoms with Gasteiger partial charge >= 0.3 is 0 Å². The summed E-state index contributed by atoms with van der Waals surface area (Å²) in [5.41, 5.74) is 6.40. The zero-order valence-electron chi connectivity index (χ0n) is 10.3. The number of nitrogens with two attached hydrogens (primary N) is 1. The standard InChI is InChI=1S/C13H21N3O/c14-8-11-7-12(17-15-11)9-16-6-5-10-3-1-2-4-13(10)16/h7,10,13H,1-6,8-9,14H2. The van der Waals surface area contributed by atoms with Gasteiger partial charge in [-0.15, -0.1) is 0 Å². The van der Waals surface area contributed by atoms with Crippen LogP contribution < -0.4 is 5.73 Å². The van der Waals surface area contributed by atoms with E-state index in [1.807, 2.05) is 6.07 Å². The van der Waals surface area contributed by atoms with E-state index in [-0.39, 0.29) is 0 Å². The number of hydrogen-bond acceptors (Lipinski definition) is 4. The van der Waals surface area contributed by atoms with Crippen LogP contribution in [0.2, 0.25) is 0 Å². The van der Waals surface area contributed by atoms with Crippen molar-refractivity contribution in [2.45, 2.75) is 51.2 Å². The van der Waals surface area contributed by atoms with Crippen molar-refractivity contribution in [2.24, 2.45) is 11.7 Å². The summed E-state index contributed by atoms with van der Waals surface area (Å²) in [4.78, 5) is 2.57. The van der Waals surface area contributed by atoms with Crippen LogP contribution >= 0.6 is 0 Å². The zero-order chi connectivity index (χ0) is 11.7. The predicted octanol–water partition coefficient (Wildman–Crippen LogP) is 1.90. The van der Waals surface area contributed by atoms with Gasteiger partial charge in [0.25, 0.3) is 0 Å². The third-order valence-electron chi connectivity index (χ3n) is 4.30. The van der Waals surface area contributed by atoms with Crippen LogP contribution in [0.5, 0.6) is 0 Å². The Hall–Kier alpha value is -0.870. The van der Waals surface area contributed by atoms with Gasteiger partial charge in [-0.1, -0.05) is 18.0 Å². The van der Waals surface area contributed by atoms with Crippen molar-refractivity contribution in [2.75, 3.05) is 6.54 Å². The Balaban J connectivity index is 1.65. The molecule has 1 aliphatic carbocycles. The fourth-order valence-corrected chi connectivity index (χ4v) is 3.43. The molecule has 4 heteroatoms. The van der Waals surface area contributed by atoms with E-state index in [0.29, 0.717) is 6.54 Å². The quantitative estimate of drug-likeness (QED) is 0.869. The highest BCUT2D eigenvalue weighted by Crippen LogP contribution is 2.36. The fourth-order valence-electron chi connectivity index (χ4n) is 3.43. The van der Waals surface area contributed by atoms with Crippen molar-refractivity contribution < 1.29 is 4.52 Å². The van der Waals surface area contributed by atoms with Crippen LogP contribution in [-0.2, 0) is 13.1 Å². The average Bonchev–Trinajstić information content (AvgIpc) is 2.97. The minimum Gasteiger partial charge on any atom is -0.360 e. The molecule has 0 amide bonds. The Morgan fingerprint density at radius 3 is 3.06 bits per heavy atom. The van der Waals surface area contributed by atoms with Crippen LogP contribution in [0.4, 0.5) is 0 Å².